The molecule has 2 rings (SSSR count). The van der Waals surface area contributed by atoms with Crippen LogP contribution in [0.3, 0.4) is 0 Å². The minimum absolute atomic E-state index is 0.00830. The molecule has 0 saturated carbocycles. The van der Waals surface area contributed by atoms with Gasteiger partial charge in [0.25, 0.3) is 5.69 Å². The first-order valence-electron chi connectivity index (χ1n) is 7.45. The molecule has 0 aromatic heterocycles. The average molecular weight is 395 g/mol. The highest BCUT2D eigenvalue weighted by Crippen LogP contribution is 2.26. The van der Waals surface area contributed by atoms with Gasteiger partial charge in [0.05, 0.1) is 15.9 Å². The topological polar surface area (TPSA) is 132 Å². The van der Waals surface area contributed by atoms with Gasteiger partial charge in [-0.05, 0) is 36.8 Å². The Morgan fingerprint density at radius 1 is 1.19 bits per heavy atom. The molecule has 26 heavy (non-hydrogen) atoms. The molecule has 0 radical (unpaired) electrons. The third kappa shape index (κ3) is 6.14. The Hall–Kier alpha value is -2.43. The molecule has 1 unspecified atom stereocenters. The third-order valence-electron chi connectivity index (χ3n) is 3.32. The lowest BCUT2D eigenvalue weighted by Crippen LogP contribution is -2.22. The lowest BCUT2D eigenvalue weighted by Gasteiger charge is -2.12. The summed E-state index contributed by atoms with van der Waals surface area (Å²) in [6, 6.07) is 12.3. The average Bonchev–Trinajstić information content (AvgIpc) is 2.55. The van der Waals surface area contributed by atoms with Crippen LogP contribution in [0.1, 0.15) is 12.5 Å². The molecule has 0 aliphatic heterocycles. The molecule has 3 N–H and O–H groups in total. The summed E-state index contributed by atoms with van der Waals surface area (Å²) in [6.45, 7) is 1.72. The number of non-ortho nitro benzene ring substituents is 1. The molecule has 138 valence electrons. The Kier molecular flexibility index (Phi) is 6.35. The molecule has 1 amide bonds. The maximum atomic E-state index is 12.2. The van der Waals surface area contributed by atoms with Crippen LogP contribution in [0.25, 0.3) is 0 Å². The highest BCUT2D eigenvalue weighted by molar-refractivity contribution is 8.00. The first-order chi connectivity index (χ1) is 12.1. The van der Waals surface area contributed by atoms with Crippen LogP contribution in [-0.2, 0) is 20.6 Å². The smallest absolute Gasteiger partial charge is 0.269 e. The molecular weight excluding hydrogens is 378 g/mol. The second kappa shape index (κ2) is 8.30. The standard InChI is InChI=1S/C16H17N3O5S2/c1-11(25-15-8-6-14(7-9-15)19(21)22)16(20)18-13-4-2-12(3-5-13)10-26(17,23)24/h2-9,11H,10H2,1H3,(H,18,20)(H2,17,23,24). The maximum absolute atomic E-state index is 12.2. The number of nitrogens with two attached hydrogens (primary N) is 1. The van der Waals surface area contributed by atoms with Crippen molar-refractivity contribution in [3.05, 3.63) is 64.2 Å². The summed E-state index contributed by atoms with van der Waals surface area (Å²) in [4.78, 5) is 23.1. The molecule has 8 nitrogen and oxygen atoms in total. The van der Waals surface area contributed by atoms with Crippen LogP contribution >= 0.6 is 11.8 Å². The SMILES string of the molecule is CC(Sc1ccc([N+](=O)[O-])cc1)C(=O)Nc1ccc(CS(N)(=O)=O)cc1. The van der Waals surface area contributed by atoms with Crippen LogP contribution in [0.15, 0.2) is 53.4 Å². The summed E-state index contributed by atoms with van der Waals surface area (Å²) in [6.07, 6.45) is 0. The molecule has 0 saturated heterocycles. The molecule has 0 heterocycles. The molecule has 2 aromatic rings. The van der Waals surface area contributed by atoms with Crippen LogP contribution in [0.4, 0.5) is 11.4 Å². The minimum atomic E-state index is -3.60. The van der Waals surface area contributed by atoms with Crippen molar-refractivity contribution in [1.82, 2.24) is 0 Å². The lowest BCUT2D eigenvalue weighted by atomic mass is 10.2. The monoisotopic (exact) mass is 395 g/mol. The zero-order valence-electron chi connectivity index (χ0n) is 13.8. The van der Waals surface area contributed by atoms with Crippen molar-refractivity contribution in [2.24, 2.45) is 5.14 Å². The summed E-state index contributed by atoms with van der Waals surface area (Å²) in [5.41, 5.74) is 1.05. The van der Waals surface area contributed by atoms with E-state index in [4.69, 9.17) is 5.14 Å². The van der Waals surface area contributed by atoms with E-state index in [1.807, 2.05) is 0 Å². The van der Waals surface area contributed by atoms with Crippen LogP contribution in [-0.4, -0.2) is 24.5 Å². The second-order valence-corrected chi connectivity index (χ2v) is 8.53. The molecule has 1 atom stereocenters. The number of primary sulfonamides is 1. The van der Waals surface area contributed by atoms with Crippen molar-refractivity contribution < 1.29 is 18.1 Å². The Bertz CT molecular complexity index is 896. The lowest BCUT2D eigenvalue weighted by molar-refractivity contribution is -0.384. The molecular formula is C16H17N3O5S2. The Morgan fingerprint density at radius 3 is 2.27 bits per heavy atom. The quantitative estimate of drug-likeness (QED) is 0.420. The van der Waals surface area contributed by atoms with Gasteiger partial charge in [0.1, 0.15) is 0 Å². The molecule has 0 bridgehead atoms. The van der Waals surface area contributed by atoms with Gasteiger partial charge in [-0.1, -0.05) is 12.1 Å². The Labute approximate surface area is 155 Å². The number of sulfonamides is 1. The van der Waals surface area contributed by atoms with Gasteiger partial charge in [-0.3, -0.25) is 14.9 Å². The van der Waals surface area contributed by atoms with Gasteiger partial charge in [-0.2, -0.15) is 0 Å². The minimum Gasteiger partial charge on any atom is -0.325 e. The van der Waals surface area contributed by atoms with Crippen molar-refractivity contribution in [3.8, 4) is 0 Å². The van der Waals surface area contributed by atoms with Crippen LogP contribution in [0.5, 0.6) is 0 Å². The van der Waals surface area contributed by atoms with Gasteiger partial charge >= 0.3 is 0 Å². The number of nitro benzene ring substituents is 1. The van der Waals surface area contributed by atoms with E-state index in [0.29, 0.717) is 11.3 Å². The third-order valence-corrected chi connectivity index (χ3v) is 5.17. The van der Waals surface area contributed by atoms with E-state index in [-0.39, 0.29) is 17.3 Å². The second-order valence-electron chi connectivity index (χ2n) is 5.50. The summed E-state index contributed by atoms with van der Waals surface area (Å²) < 4.78 is 22.1. The maximum Gasteiger partial charge on any atom is 0.269 e. The van der Waals surface area contributed by atoms with Crippen molar-refractivity contribution in [2.75, 3.05) is 5.32 Å². The van der Waals surface area contributed by atoms with E-state index < -0.39 is 20.2 Å². The predicted octanol–water partition coefficient (Wildman–Crippen LogP) is 2.50. The van der Waals surface area contributed by atoms with Gasteiger partial charge in [-0.15, -0.1) is 11.8 Å². The van der Waals surface area contributed by atoms with E-state index >= 15 is 0 Å². The zero-order valence-corrected chi connectivity index (χ0v) is 15.4. The summed E-state index contributed by atoms with van der Waals surface area (Å²) in [7, 11) is -3.60. The van der Waals surface area contributed by atoms with Gasteiger partial charge in [-0.25, -0.2) is 13.6 Å². The van der Waals surface area contributed by atoms with Gasteiger partial charge in [0.15, 0.2) is 0 Å². The van der Waals surface area contributed by atoms with Crippen LogP contribution < -0.4 is 10.5 Å². The number of carbonyl (C=O) groups excluding carboxylic acids is 1. The normalized spacial score (nSPS) is 12.4. The number of benzene rings is 2. The van der Waals surface area contributed by atoms with Gasteiger partial charge < -0.3 is 5.32 Å². The predicted molar refractivity (Wildman–Crippen MR) is 100 cm³/mol. The van der Waals surface area contributed by atoms with E-state index in [0.717, 1.165) is 4.90 Å². The number of thioether (sulfide) groups is 1. The molecule has 0 spiro atoms. The van der Waals surface area contributed by atoms with Crippen LogP contribution in [0, 0.1) is 10.1 Å². The van der Waals surface area contributed by atoms with Crippen molar-refractivity contribution in [2.45, 2.75) is 22.8 Å². The van der Waals surface area contributed by atoms with E-state index in [1.165, 1.54) is 23.9 Å². The molecule has 0 aliphatic rings. The molecule has 10 heteroatoms. The highest BCUT2D eigenvalue weighted by Gasteiger charge is 2.15. The number of anilines is 1. The Balaban J connectivity index is 1.95. The number of hydrogen-bond acceptors (Lipinski definition) is 6. The fourth-order valence-electron chi connectivity index (χ4n) is 2.06. The number of nitrogens with zero attached hydrogens (tertiary/aromatic N) is 1. The summed E-state index contributed by atoms with van der Waals surface area (Å²) in [5, 5.41) is 17.9. The first kappa shape index (κ1) is 19.9. The Morgan fingerprint density at radius 2 is 1.77 bits per heavy atom. The van der Waals surface area contributed by atoms with Gasteiger partial charge in [0.2, 0.25) is 15.9 Å². The first-order valence-corrected chi connectivity index (χ1v) is 10.0. The molecule has 2 aromatic carbocycles. The number of nitrogens with one attached hydrogen (secondary N) is 1. The number of hydrogen-bond donors (Lipinski definition) is 2. The number of rotatable bonds is 7. The summed E-state index contributed by atoms with van der Waals surface area (Å²) in [5.74, 6) is -0.513. The molecule has 0 aliphatic carbocycles. The molecule has 0 fully saturated rings. The van der Waals surface area contributed by atoms with Crippen molar-refractivity contribution >= 4 is 39.1 Å². The van der Waals surface area contributed by atoms with E-state index in [9.17, 15) is 23.3 Å². The van der Waals surface area contributed by atoms with Gasteiger partial charge in [0, 0.05) is 22.7 Å². The summed E-state index contributed by atoms with van der Waals surface area (Å²) >= 11 is 1.27. The fraction of sp³-hybridized carbons (Fsp3) is 0.188. The van der Waals surface area contributed by atoms with Crippen molar-refractivity contribution in [1.29, 1.82) is 0 Å². The van der Waals surface area contributed by atoms with E-state index in [2.05, 4.69) is 5.32 Å². The van der Waals surface area contributed by atoms with Crippen molar-refractivity contribution in [3.63, 3.8) is 0 Å². The number of nitro groups is 1. The highest BCUT2D eigenvalue weighted by atomic mass is 32.2. The number of carbonyl (C=O) groups is 1. The fourth-order valence-corrected chi connectivity index (χ4v) is 3.59. The largest absolute Gasteiger partial charge is 0.325 e. The van der Waals surface area contributed by atoms with Crippen LogP contribution in [0.2, 0.25) is 0 Å². The number of amides is 1. The zero-order chi connectivity index (χ0) is 19.3. The van der Waals surface area contributed by atoms with E-state index in [1.54, 1.807) is 43.3 Å².